The number of hydrogen-bond acceptors (Lipinski definition) is 6. The molecule has 228 valence electrons. The molecular weight excluding hydrogens is 532 g/mol. The number of nitrogens with zero attached hydrogens (tertiary/aromatic N) is 1. The molecule has 2 aromatic carbocycles. The highest BCUT2D eigenvalue weighted by atomic mass is 16.7. The van der Waals surface area contributed by atoms with E-state index in [0.29, 0.717) is 19.5 Å². The number of hydrogen-bond donors (Lipinski definition) is 2. The molecule has 0 spiro atoms. The van der Waals surface area contributed by atoms with E-state index in [4.69, 9.17) is 14.2 Å². The first-order chi connectivity index (χ1) is 19.9. The Morgan fingerprint density at radius 3 is 2.40 bits per heavy atom. The zero-order valence-corrected chi connectivity index (χ0v) is 25.7. The van der Waals surface area contributed by atoms with Gasteiger partial charge in [-0.1, -0.05) is 87.5 Å². The molecule has 2 aliphatic heterocycles. The van der Waals surface area contributed by atoms with Crippen molar-refractivity contribution in [1.29, 1.82) is 0 Å². The average Bonchev–Trinajstić information content (AvgIpc) is 3.11. The first-order valence-corrected chi connectivity index (χ1v) is 14.9. The molecule has 2 heterocycles. The van der Waals surface area contributed by atoms with Crippen LogP contribution in [0.4, 0.5) is 0 Å². The lowest BCUT2D eigenvalue weighted by Gasteiger charge is -2.45. The molecule has 2 saturated heterocycles. The lowest BCUT2D eigenvalue weighted by atomic mass is 9.93. The van der Waals surface area contributed by atoms with Gasteiger partial charge in [-0.05, 0) is 55.2 Å². The molecule has 2 aromatic rings. The number of nitrogens with one attached hydrogen (secondary N) is 1. The van der Waals surface area contributed by atoms with Gasteiger partial charge in [0.2, 0.25) is 5.91 Å². The van der Waals surface area contributed by atoms with Gasteiger partial charge in [-0.25, -0.2) is 0 Å². The molecule has 2 amide bonds. The summed E-state index contributed by atoms with van der Waals surface area (Å²) in [6.07, 6.45) is 2.01. The van der Waals surface area contributed by atoms with Crippen molar-refractivity contribution in [2.24, 2.45) is 5.41 Å². The van der Waals surface area contributed by atoms with Crippen molar-refractivity contribution in [2.75, 3.05) is 13.7 Å². The predicted molar refractivity (Wildman–Crippen MR) is 162 cm³/mol. The Bertz CT molecular complexity index is 1220. The van der Waals surface area contributed by atoms with Gasteiger partial charge in [0.25, 0.3) is 5.91 Å². The van der Waals surface area contributed by atoms with Crippen molar-refractivity contribution in [2.45, 2.75) is 96.7 Å². The van der Waals surface area contributed by atoms with E-state index >= 15 is 0 Å². The standard InChI is InChI=1S/C34H46N2O6/c1-33(2,3)20-19-27-28(37)29(42-34(4,5)41-27)30(40-6)31(38)35-26-14-10-11-21-36(32(26)39)22-23-15-17-25(18-16-23)24-12-8-7-9-13-24/h7-9,12-13,15-20,26-30,37H,10-11,14,21-22H2,1-6H3,(H,35,38)/b20-19+/t26-,27+,28-,29+,30+/m0/s1. The quantitative estimate of drug-likeness (QED) is 0.435. The lowest BCUT2D eigenvalue weighted by molar-refractivity contribution is -0.334. The fourth-order valence-electron chi connectivity index (χ4n) is 5.48. The zero-order valence-electron chi connectivity index (χ0n) is 25.7. The molecule has 8 heteroatoms. The van der Waals surface area contributed by atoms with E-state index in [-0.39, 0.29) is 11.3 Å². The zero-order chi connectivity index (χ0) is 30.5. The molecule has 4 rings (SSSR count). The van der Waals surface area contributed by atoms with Crippen LogP contribution in [-0.2, 0) is 30.3 Å². The number of rotatable bonds is 8. The minimum absolute atomic E-state index is 0.116. The van der Waals surface area contributed by atoms with Crippen molar-refractivity contribution in [3.63, 3.8) is 0 Å². The van der Waals surface area contributed by atoms with Gasteiger partial charge >= 0.3 is 0 Å². The van der Waals surface area contributed by atoms with Crippen molar-refractivity contribution in [3.05, 3.63) is 72.3 Å². The number of aliphatic hydroxyl groups is 1. The molecule has 0 bridgehead atoms. The number of benzene rings is 2. The largest absolute Gasteiger partial charge is 0.387 e. The molecule has 2 aliphatic rings. The average molecular weight is 579 g/mol. The van der Waals surface area contributed by atoms with Gasteiger partial charge in [0.1, 0.15) is 24.4 Å². The number of carbonyl (C=O) groups is 2. The number of carbonyl (C=O) groups excluding carboxylic acids is 2. The SMILES string of the molecule is CO[C@@H](C(=O)N[C@H]1CCCCN(Cc2ccc(-c3ccccc3)cc2)C1=O)[C@@H]1OC(C)(C)O[C@H](/C=C/C(C)(C)C)[C@@H]1O. The molecular formula is C34H46N2O6. The van der Waals surface area contributed by atoms with E-state index in [2.05, 4.69) is 50.4 Å². The Hall–Kier alpha value is -3.04. The van der Waals surface area contributed by atoms with Gasteiger partial charge < -0.3 is 29.5 Å². The maximum Gasteiger partial charge on any atom is 0.252 e. The first-order valence-electron chi connectivity index (χ1n) is 14.9. The number of methoxy groups -OCH3 is 1. The normalized spacial score (nSPS) is 25.7. The van der Waals surface area contributed by atoms with Crippen LogP contribution in [-0.4, -0.2) is 71.7 Å². The highest BCUT2D eigenvalue weighted by Gasteiger charge is 2.48. The van der Waals surface area contributed by atoms with Crippen molar-refractivity contribution in [1.82, 2.24) is 10.2 Å². The maximum absolute atomic E-state index is 13.6. The van der Waals surface area contributed by atoms with E-state index in [0.717, 1.165) is 29.5 Å². The third-order valence-corrected chi connectivity index (χ3v) is 7.64. The molecule has 0 aliphatic carbocycles. The molecule has 0 aromatic heterocycles. The Morgan fingerprint density at radius 1 is 1.10 bits per heavy atom. The van der Waals surface area contributed by atoms with Crippen LogP contribution in [0.3, 0.4) is 0 Å². The van der Waals surface area contributed by atoms with Crippen LogP contribution in [0.25, 0.3) is 11.1 Å². The van der Waals surface area contributed by atoms with Crippen LogP contribution < -0.4 is 5.32 Å². The van der Waals surface area contributed by atoms with Crippen molar-refractivity contribution in [3.8, 4) is 11.1 Å². The minimum atomic E-state index is -1.15. The lowest BCUT2D eigenvalue weighted by Crippen LogP contribution is -2.62. The summed E-state index contributed by atoms with van der Waals surface area (Å²) in [5.41, 5.74) is 3.17. The summed E-state index contributed by atoms with van der Waals surface area (Å²) in [6.45, 7) is 10.7. The molecule has 0 radical (unpaired) electrons. The van der Waals surface area contributed by atoms with E-state index < -0.39 is 42.2 Å². The summed E-state index contributed by atoms with van der Waals surface area (Å²) in [6, 6.07) is 17.7. The second-order valence-corrected chi connectivity index (χ2v) is 12.8. The van der Waals surface area contributed by atoms with Gasteiger partial charge in [-0.2, -0.15) is 0 Å². The summed E-state index contributed by atoms with van der Waals surface area (Å²) >= 11 is 0. The number of allylic oxidation sites excluding steroid dienone is 1. The fraction of sp³-hybridized carbons (Fsp3) is 0.529. The number of amides is 2. The van der Waals surface area contributed by atoms with Gasteiger partial charge in [-0.15, -0.1) is 0 Å². The second-order valence-electron chi connectivity index (χ2n) is 12.8. The van der Waals surface area contributed by atoms with Crippen molar-refractivity contribution < 1.29 is 28.9 Å². The van der Waals surface area contributed by atoms with Crippen LogP contribution in [0, 0.1) is 5.41 Å². The summed E-state index contributed by atoms with van der Waals surface area (Å²) in [5, 5.41) is 14.1. The molecule has 2 fully saturated rings. The Labute approximate surface area is 250 Å². The third kappa shape index (κ3) is 8.28. The Morgan fingerprint density at radius 2 is 1.76 bits per heavy atom. The van der Waals surface area contributed by atoms with Gasteiger partial charge in [0.15, 0.2) is 11.9 Å². The topological polar surface area (TPSA) is 97.3 Å². The highest BCUT2D eigenvalue weighted by Crippen LogP contribution is 2.31. The smallest absolute Gasteiger partial charge is 0.252 e. The number of ether oxygens (including phenoxy) is 3. The van der Waals surface area contributed by atoms with E-state index in [1.807, 2.05) is 47.4 Å². The van der Waals surface area contributed by atoms with Crippen LogP contribution in [0.2, 0.25) is 0 Å². The van der Waals surface area contributed by atoms with Crippen LogP contribution in [0.1, 0.15) is 59.4 Å². The minimum Gasteiger partial charge on any atom is -0.387 e. The van der Waals surface area contributed by atoms with Crippen LogP contribution in [0.5, 0.6) is 0 Å². The highest BCUT2D eigenvalue weighted by molar-refractivity contribution is 5.90. The summed E-state index contributed by atoms with van der Waals surface area (Å²) < 4.78 is 17.6. The summed E-state index contributed by atoms with van der Waals surface area (Å²) in [5.74, 6) is -1.67. The predicted octanol–water partition coefficient (Wildman–Crippen LogP) is 4.85. The molecule has 0 unspecified atom stereocenters. The molecule has 2 N–H and O–H groups in total. The summed E-state index contributed by atoms with van der Waals surface area (Å²) in [7, 11) is 1.41. The fourth-order valence-corrected chi connectivity index (χ4v) is 5.48. The molecule has 0 saturated carbocycles. The second kappa shape index (κ2) is 13.5. The first kappa shape index (κ1) is 31.9. The van der Waals surface area contributed by atoms with Gasteiger partial charge in [-0.3, -0.25) is 9.59 Å². The molecule has 8 nitrogen and oxygen atoms in total. The number of likely N-dealkylation sites (tertiary alicyclic amines) is 1. The monoisotopic (exact) mass is 578 g/mol. The maximum atomic E-state index is 13.6. The Balaban J connectivity index is 1.44. The summed E-state index contributed by atoms with van der Waals surface area (Å²) in [4.78, 5) is 29.0. The third-order valence-electron chi connectivity index (χ3n) is 7.64. The van der Waals surface area contributed by atoms with Gasteiger partial charge in [0.05, 0.1) is 0 Å². The van der Waals surface area contributed by atoms with Gasteiger partial charge in [0, 0.05) is 20.2 Å². The van der Waals surface area contributed by atoms with Crippen LogP contribution >= 0.6 is 0 Å². The number of aliphatic hydroxyl groups excluding tert-OH is 1. The Kier molecular flexibility index (Phi) is 10.3. The molecule has 42 heavy (non-hydrogen) atoms. The van der Waals surface area contributed by atoms with Crippen LogP contribution in [0.15, 0.2) is 66.7 Å². The van der Waals surface area contributed by atoms with E-state index in [1.54, 1.807) is 13.8 Å². The molecule has 5 atom stereocenters. The van der Waals surface area contributed by atoms with E-state index in [1.165, 1.54) is 7.11 Å². The van der Waals surface area contributed by atoms with E-state index in [9.17, 15) is 14.7 Å². The van der Waals surface area contributed by atoms with Crippen molar-refractivity contribution >= 4 is 11.8 Å².